The molecule has 17 heavy (non-hydrogen) atoms. The summed E-state index contributed by atoms with van der Waals surface area (Å²) in [5.41, 5.74) is -0.901. The molecule has 0 bridgehead atoms. The molecule has 1 atom stereocenters. The van der Waals surface area contributed by atoms with Crippen molar-refractivity contribution in [2.75, 3.05) is 12.9 Å². The van der Waals surface area contributed by atoms with Crippen LogP contribution in [-0.4, -0.2) is 23.0 Å². The van der Waals surface area contributed by atoms with E-state index in [0.29, 0.717) is 0 Å². The monoisotopic (exact) mass is 258 g/mol. The molecule has 0 amide bonds. The third-order valence-electron chi connectivity index (χ3n) is 2.31. The summed E-state index contributed by atoms with van der Waals surface area (Å²) in [6.07, 6.45) is 0. The van der Waals surface area contributed by atoms with Crippen molar-refractivity contribution in [3.63, 3.8) is 0 Å². The van der Waals surface area contributed by atoms with Crippen molar-refractivity contribution in [1.82, 2.24) is 0 Å². The van der Waals surface area contributed by atoms with Crippen LogP contribution in [0.1, 0.15) is 13.8 Å². The highest BCUT2D eigenvalue weighted by Gasteiger charge is 2.32. The van der Waals surface area contributed by atoms with Gasteiger partial charge in [-0.15, -0.1) is 0 Å². The molecular weight excluding hydrogens is 243 g/mol. The first-order valence-electron chi connectivity index (χ1n) is 5.10. The van der Waals surface area contributed by atoms with Crippen molar-refractivity contribution in [3.8, 4) is 0 Å². The van der Waals surface area contributed by atoms with E-state index >= 15 is 0 Å². The molecule has 0 aromatic heterocycles. The van der Waals surface area contributed by atoms with Crippen LogP contribution in [0.15, 0.2) is 29.2 Å². The van der Waals surface area contributed by atoms with E-state index in [1.165, 1.54) is 25.3 Å². The molecule has 3 nitrogen and oxygen atoms in total. The summed E-state index contributed by atoms with van der Waals surface area (Å²) in [5.74, 6) is -0.950. The highest BCUT2D eigenvalue weighted by molar-refractivity contribution is 7.85. The third-order valence-corrected chi connectivity index (χ3v) is 4.12. The van der Waals surface area contributed by atoms with Gasteiger partial charge in [0.1, 0.15) is 5.82 Å². The Kier molecular flexibility index (Phi) is 4.40. The van der Waals surface area contributed by atoms with Crippen LogP contribution in [0.2, 0.25) is 0 Å². The number of hydrogen-bond donors (Lipinski definition) is 0. The maximum Gasteiger partial charge on any atom is 0.312 e. The highest BCUT2D eigenvalue weighted by atomic mass is 32.2. The van der Waals surface area contributed by atoms with Gasteiger partial charge in [-0.25, -0.2) is 4.39 Å². The quantitative estimate of drug-likeness (QED) is 0.777. The predicted octanol–water partition coefficient (Wildman–Crippen LogP) is 2.13. The SMILES string of the molecule is COC(=O)C(C)(C)CS(=O)c1ccccc1F. The van der Waals surface area contributed by atoms with Crippen LogP contribution in [0, 0.1) is 11.2 Å². The zero-order valence-electron chi connectivity index (χ0n) is 10.0. The summed E-state index contributed by atoms with van der Waals surface area (Å²) >= 11 is 0. The average molecular weight is 258 g/mol. The zero-order chi connectivity index (χ0) is 13.1. The molecule has 1 aromatic carbocycles. The summed E-state index contributed by atoms with van der Waals surface area (Å²) in [5, 5.41) is 0. The fourth-order valence-corrected chi connectivity index (χ4v) is 2.81. The molecule has 0 aliphatic heterocycles. The van der Waals surface area contributed by atoms with Gasteiger partial charge in [0.25, 0.3) is 0 Å². The first kappa shape index (κ1) is 13.8. The Hall–Kier alpha value is -1.23. The number of rotatable bonds is 4. The molecule has 1 rings (SSSR count). The minimum Gasteiger partial charge on any atom is -0.469 e. The Balaban J connectivity index is 2.87. The standard InChI is InChI=1S/C12H15FO3S/c1-12(2,11(14)16-3)8-17(15)10-7-5-4-6-9(10)13/h4-7H,8H2,1-3H3. The van der Waals surface area contributed by atoms with Crippen molar-refractivity contribution in [2.24, 2.45) is 5.41 Å². The Morgan fingerprint density at radius 1 is 1.41 bits per heavy atom. The molecule has 1 unspecified atom stereocenters. The van der Waals surface area contributed by atoms with E-state index in [2.05, 4.69) is 4.74 Å². The molecular formula is C12H15FO3S. The molecule has 1 aromatic rings. The fraction of sp³-hybridized carbons (Fsp3) is 0.417. The lowest BCUT2D eigenvalue weighted by molar-refractivity contribution is -0.149. The molecule has 0 radical (unpaired) electrons. The highest BCUT2D eigenvalue weighted by Crippen LogP contribution is 2.22. The van der Waals surface area contributed by atoms with Crippen molar-refractivity contribution >= 4 is 16.8 Å². The largest absolute Gasteiger partial charge is 0.469 e. The van der Waals surface area contributed by atoms with E-state index in [9.17, 15) is 13.4 Å². The smallest absolute Gasteiger partial charge is 0.312 e. The summed E-state index contributed by atoms with van der Waals surface area (Å²) in [6.45, 7) is 3.25. The molecule has 0 aliphatic rings. The molecule has 0 N–H and O–H groups in total. The van der Waals surface area contributed by atoms with E-state index in [1.54, 1.807) is 19.9 Å². The van der Waals surface area contributed by atoms with Gasteiger partial charge in [0.2, 0.25) is 0 Å². The summed E-state index contributed by atoms with van der Waals surface area (Å²) in [7, 11) is -0.289. The van der Waals surface area contributed by atoms with Crippen molar-refractivity contribution < 1.29 is 18.1 Å². The van der Waals surface area contributed by atoms with Crippen LogP contribution in [-0.2, 0) is 20.3 Å². The van der Waals surface area contributed by atoms with E-state index in [4.69, 9.17) is 0 Å². The molecule has 0 aliphatic carbocycles. The minimum atomic E-state index is -1.56. The Bertz CT molecular complexity index is 443. The Morgan fingerprint density at radius 3 is 2.53 bits per heavy atom. The summed E-state index contributed by atoms with van der Waals surface area (Å²) in [6, 6.07) is 5.85. The molecule has 94 valence electrons. The number of methoxy groups -OCH3 is 1. The number of benzene rings is 1. The van der Waals surface area contributed by atoms with Crippen LogP contribution in [0.4, 0.5) is 4.39 Å². The second-order valence-electron chi connectivity index (χ2n) is 4.30. The second-order valence-corrected chi connectivity index (χ2v) is 5.72. The zero-order valence-corrected chi connectivity index (χ0v) is 10.8. The number of esters is 1. The number of hydrogen-bond acceptors (Lipinski definition) is 3. The fourth-order valence-electron chi connectivity index (χ4n) is 1.37. The van der Waals surface area contributed by atoms with Gasteiger partial charge in [-0.05, 0) is 26.0 Å². The van der Waals surface area contributed by atoms with E-state index < -0.39 is 28.0 Å². The van der Waals surface area contributed by atoms with E-state index in [0.717, 1.165) is 0 Å². The lowest BCUT2D eigenvalue weighted by Gasteiger charge is -2.20. The van der Waals surface area contributed by atoms with Crippen molar-refractivity contribution in [2.45, 2.75) is 18.7 Å². The first-order chi connectivity index (χ1) is 7.88. The maximum atomic E-state index is 13.4. The van der Waals surface area contributed by atoms with Crippen LogP contribution in [0.3, 0.4) is 0 Å². The molecule has 0 heterocycles. The molecule has 0 fully saturated rings. The normalized spacial score (nSPS) is 13.2. The van der Waals surface area contributed by atoms with Gasteiger partial charge in [-0.3, -0.25) is 9.00 Å². The topological polar surface area (TPSA) is 43.4 Å². The van der Waals surface area contributed by atoms with Gasteiger partial charge in [0.15, 0.2) is 0 Å². The van der Waals surface area contributed by atoms with Crippen LogP contribution >= 0.6 is 0 Å². The summed E-state index contributed by atoms with van der Waals surface area (Å²) in [4.78, 5) is 11.6. The summed E-state index contributed by atoms with van der Waals surface area (Å²) < 4.78 is 30.0. The van der Waals surface area contributed by atoms with Crippen LogP contribution in [0.25, 0.3) is 0 Å². The van der Waals surface area contributed by atoms with Crippen molar-refractivity contribution in [1.29, 1.82) is 0 Å². The Labute approximate surface area is 102 Å². The van der Waals surface area contributed by atoms with Crippen LogP contribution in [0.5, 0.6) is 0 Å². The number of ether oxygens (including phenoxy) is 1. The van der Waals surface area contributed by atoms with Gasteiger partial charge in [0, 0.05) is 5.75 Å². The Morgan fingerprint density at radius 2 is 2.00 bits per heavy atom. The van der Waals surface area contributed by atoms with Gasteiger partial charge in [-0.1, -0.05) is 12.1 Å². The number of halogens is 1. The van der Waals surface area contributed by atoms with E-state index in [-0.39, 0.29) is 10.6 Å². The maximum absolute atomic E-state index is 13.4. The number of carbonyl (C=O) groups excluding carboxylic acids is 1. The number of carbonyl (C=O) groups is 1. The predicted molar refractivity (Wildman–Crippen MR) is 63.5 cm³/mol. The second kappa shape index (κ2) is 5.40. The first-order valence-corrected chi connectivity index (χ1v) is 6.41. The lowest BCUT2D eigenvalue weighted by Crippen LogP contribution is -2.31. The van der Waals surface area contributed by atoms with Gasteiger partial charge >= 0.3 is 5.97 Å². The van der Waals surface area contributed by atoms with Gasteiger partial charge < -0.3 is 4.74 Å². The van der Waals surface area contributed by atoms with Crippen molar-refractivity contribution in [3.05, 3.63) is 30.1 Å². The van der Waals surface area contributed by atoms with Crippen LogP contribution < -0.4 is 0 Å². The lowest BCUT2D eigenvalue weighted by atomic mass is 9.97. The third kappa shape index (κ3) is 3.36. The molecule has 0 saturated heterocycles. The van der Waals surface area contributed by atoms with Gasteiger partial charge in [-0.2, -0.15) is 0 Å². The molecule has 0 spiro atoms. The van der Waals surface area contributed by atoms with Gasteiger partial charge in [0.05, 0.1) is 28.2 Å². The minimum absolute atomic E-state index is 0.0284. The average Bonchev–Trinajstić information content (AvgIpc) is 2.27. The van der Waals surface area contributed by atoms with E-state index in [1.807, 2.05) is 0 Å². The molecule has 0 saturated carbocycles. The molecule has 5 heteroatoms.